The molecule has 0 aromatic heterocycles. The molecule has 5 amide bonds. The molecule has 3 N–H and O–H groups in total. The monoisotopic (exact) mass is 478 g/mol. The number of hydrogen-bond acceptors (Lipinski definition) is 6. The van der Waals surface area contributed by atoms with Crippen molar-refractivity contribution >= 4 is 29.4 Å². The summed E-state index contributed by atoms with van der Waals surface area (Å²) in [6.07, 6.45) is 1.98. The first-order valence-corrected chi connectivity index (χ1v) is 11.7. The second-order valence-electron chi connectivity index (χ2n) is 8.73. The number of hydrogen-bond donors (Lipinski definition) is 3. The molecule has 5 rings (SSSR count). The van der Waals surface area contributed by atoms with E-state index in [0.29, 0.717) is 43.9 Å². The van der Waals surface area contributed by atoms with Crippen LogP contribution in [-0.2, 0) is 22.6 Å². The van der Waals surface area contributed by atoms with Gasteiger partial charge in [0.15, 0.2) is 11.5 Å². The van der Waals surface area contributed by atoms with Gasteiger partial charge in [-0.3, -0.25) is 19.7 Å². The fourth-order valence-corrected chi connectivity index (χ4v) is 4.51. The van der Waals surface area contributed by atoms with Crippen molar-refractivity contribution in [2.75, 3.05) is 25.1 Å². The van der Waals surface area contributed by atoms with E-state index in [1.54, 1.807) is 18.2 Å². The number of ether oxygens (including phenoxy) is 2. The largest absolute Gasteiger partial charge is 0.490 e. The molecule has 0 bridgehead atoms. The van der Waals surface area contributed by atoms with E-state index in [0.717, 1.165) is 29.0 Å². The van der Waals surface area contributed by atoms with Gasteiger partial charge >= 0.3 is 6.03 Å². The van der Waals surface area contributed by atoms with Crippen LogP contribution in [0.25, 0.3) is 0 Å². The number of amides is 5. The molecule has 2 aromatic carbocycles. The number of nitrogens with one attached hydrogen (secondary N) is 3. The number of carbonyl (C=O) groups is 4. The molecule has 10 nitrogen and oxygen atoms in total. The van der Waals surface area contributed by atoms with E-state index < -0.39 is 11.9 Å². The van der Waals surface area contributed by atoms with Crippen molar-refractivity contribution in [3.05, 3.63) is 53.1 Å². The topological polar surface area (TPSA) is 126 Å². The molecule has 0 spiro atoms. The second-order valence-corrected chi connectivity index (χ2v) is 8.73. The summed E-state index contributed by atoms with van der Waals surface area (Å²) in [6.45, 7) is 1.94. The lowest BCUT2D eigenvalue weighted by Gasteiger charge is -2.29. The molecule has 0 saturated carbocycles. The average Bonchev–Trinajstić information content (AvgIpc) is 2.99. The summed E-state index contributed by atoms with van der Waals surface area (Å²) in [5.74, 6) is 0.443. The molecule has 2 aromatic rings. The van der Waals surface area contributed by atoms with Gasteiger partial charge in [0.2, 0.25) is 11.8 Å². The number of carbonyl (C=O) groups excluding carboxylic acids is 4. The van der Waals surface area contributed by atoms with Crippen LogP contribution in [0.5, 0.6) is 11.5 Å². The van der Waals surface area contributed by atoms with Gasteiger partial charge < -0.3 is 25.0 Å². The highest BCUT2D eigenvalue weighted by Crippen LogP contribution is 2.31. The summed E-state index contributed by atoms with van der Waals surface area (Å²) in [4.78, 5) is 50.3. The summed E-state index contributed by atoms with van der Waals surface area (Å²) < 4.78 is 11.3. The lowest BCUT2D eigenvalue weighted by Crippen LogP contribution is -2.52. The number of fused-ring (bicyclic) bond motifs is 2. The third-order valence-corrected chi connectivity index (χ3v) is 6.29. The maximum atomic E-state index is 12.8. The third kappa shape index (κ3) is 4.91. The van der Waals surface area contributed by atoms with Gasteiger partial charge in [0, 0.05) is 37.2 Å². The molecule has 3 aliphatic heterocycles. The summed E-state index contributed by atoms with van der Waals surface area (Å²) >= 11 is 0. The molecule has 1 fully saturated rings. The highest BCUT2D eigenvalue weighted by atomic mass is 16.5. The summed E-state index contributed by atoms with van der Waals surface area (Å²) in [5.41, 5.74) is 2.80. The maximum absolute atomic E-state index is 12.8. The smallest absolute Gasteiger partial charge is 0.319 e. The van der Waals surface area contributed by atoms with Crippen LogP contribution >= 0.6 is 0 Å². The Hall–Kier alpha value is -4.08. The Balaban J connectivity index is 1.15. The van der Waals surface area contributed by atoms with Crippen LogP contribution in [0.1, 0.15) is 40.7 Å². The van der Waals surface area contributed by atoms with Crippen molar-refractivity contribution in [1.82, 2.24) is 15.5 Å². The van der Waals surface area contributed by atoms with Crippen molar-refractivity contribution in [2.45, 2.75) is 38.3 Å². The average molecular weight is 479 g/mol. The fraction of sp³-hybridized carbons (Fsp3) is 0.360. The Morgan fingerprint density at radius 1 is 1.06 bits per heavy atom. The molecule has 1 atom stereocenters. The fourth-order valence-electron chi connectivity index (χ4n) is 4.51. The van der Waals surface area contributed by atoms with Gasteiger partial charge in [0.05, 0.1) is 13.2 Å². The Labute approximate surface area is 201 Å². The van der Waals surface area contributed by atoms with Gasteiger partial charge in [0.25, 0.3) is 5.91 Å². The lowest BCUT2D eigenvalue weighted by molar-refractivity contribution is -0.136. The van der Waals surface area contributed by atoms with E-state index in [-0.39, 0.29) is 30.8 Å². The highest BCUT2D eigenvalue weighted by Gasteiger charge is 2.39. The molecule has 0 radical (unpaired) electrons. The SMILES string of the molecule is O=C1CCC(N2Cc3cc(NC(=O)NCCc4ccc5c(c4)OCCCO5)ccc3C2=O)C(=O)N1. The summed E-state index contributed by atoms with van der Waals surface area (Å²) in [6, 6.07) is 9.81. The normalized spacial score (nSPS) is 19.0. The van der Waals surface area contributed by atoms with Crippen molar-refractivity contribution < 1.29 is 28.7 Å². The molecule has 1 saturated heterocycles. The van der Waals surface area contributed by atoms with E-state index in [4.69, 9.17) is 9.47 Å². The Kier molecular flexibility index (Phi) is 6.26. The van der Waals surface area contributed by atoms with Crippen LogP contribution in [0.3, 0.4) is 0 Å². The number of imide groups is 1. The van der Waals surface area contributed by atoms with Crippen molar-refractivity contribution in [1.29, 1.82) is 0 Å². The molecule has 1 unspecified atom stereocenters. The number of anilines is 1. The van der Waals surface area contributed by atoms with Gasteiger partial charge in [0.1, 0.15) is 6.04 Å². The maximum Gasteiger partial charge on any atom is 0.319 e. The molecule has 182 valence electrons. The number of rotatable bonds is 5. The minimum Gasteiger partial charge on any atom is -0.490 e. The zero-order valence-electron chi connectivity index (χ0n) is 19.1. The van der Waals surface area contributed by atoms with Gasteiger partial charge in [-0.05, 0) is 54.3 Å². The van der Waals surface area contributed by atoms with E-state index in [1.807, 2.05) is 18.2 Å². The predicted octanol–water partition coefficient (Wildman–Crippen LogP) is 1.97. The summed E-state index contributed by atoms with van der Waals surface area (Å²) in [5, 5.41) is 7.92. The molecule has 0 aliphatic carbocycles. The quantitative estimate of drug-likeness (QED) is 0.564. The lowest BCUT2D eigenvalue weighted by atomic mass is 10.0. The number of urea groups is 1. The van der Waals surface area contributed by atoms with E-state index >= 15 is 0 Å². The summed E-state index contributed by atoms with van der Waals surface area (Å²) in [7, 11) is 0. The molecule has 35 heavy (non-hydrogen) atoms. The van der Waals surface area contributed by atoms with Crippen molar-refractivity contribution in [3.63, 3.8) is 0 Å². The van der Waals surface area contributed by atoms with Crippen LogP contribution in [0.15, 0.2) is 36.4 Å². The molecule has 3 aliphatic rings. The molecular weight excluding hydrogens is 452 g/mol. The zero-order valence-corrected chi connectivity index (χ0v) is 19.1. The van der Waals surface area contributed by atoms with Crippen LogP contribution in [0, 0.1) is 0 Å². The number of piperidine rings is 1. The van der Waals surface area contributed by atoms with E-state index in [9.17, 15) is 19.2 Å². The van der Waals surface area contributed by atoms with Gasteiger partial charge in [-0.1, -0.05) is 6.07 Å². The minimum absolute atomic E-state index is 0.204. The minimum atomic E-state index is -0.669. The van der Waals surface area contributed by atoms with Crippen LogP contribution in [0.4, 0.5) is 10.5 Å². The predicted molar refractivity (Wildman–Crippen MR) is 125 cm³/mol. The van der Waals surface area contributed by atoms with Gasteiger partial charge in [-0.2, -0.15) is 0 Å². The molecular formula is C25H26N4O6. The standard InChI is InChI=1S/C25H26N4O6/c30-22-7-5-19(23(31)28-22)29-14-16-13-17(3-4-18(16)24(29)32)27-25(33)26-9-8-15-2-6-20-21(12-15)35-11-1-10-34-20/h2-4,6,12-13,19H,1,5,7-11,14H2,(H2,26,27,33)(H,28,30,31). The molecule has 10 heteroatoms. The van der Waals surface area contributed by atoms with Gasteiger partial charge in [-0.15, -0.1) is 0 Å². The van der Waals surface area contributed by atoms with Crippen molar-refractivity contribution in [2.24, 2.45) is 0 Å². The first-order valence-electron chi connectivity index (χ1n) is 11.7. The Morgan fingerprint density at radius 2 is 1.89 bits per heavy atom. The van der Waals surface area contributed by atoms with Crippen LogP contribution in [-0.4, -0.2) is 54.5 Å². The second kappa shape index (κ2) is 9.65. The highest BCUT2D eigenvalue weighted by molar-refractivity contribution is 6.05. The van der Waals surface area contributed by atoms with Crippen LogP contribution in [0.2, 0.25) is 0 Å². The number of benzene rings is 2. The zero-order chi connectivity index (χ0) is 24.4. The van der Waals surface area contributed by atoms with E-state index in [2.05, 4.69) is 16.0 Å². The van der Waals surface area contributed by atoms with Crippen molar-refractivity contribution in [3.8, 4) is 11.5 Å². The van der Waals surface area contributed by atoms with Crippen LogP contribution < -0.4 is 25.4 Å². The third-order valence-electron chi connectivity index (χ3n) is 6.29. The van der Waals surface area contributed by atoms with E-state index in [1.165, 1.54) is 4.90 Å². The van der Waals surface area contributed by atoms with Gasteiger partial charge in [-0.25, -0.2) is 4.79 Å². The first kappa shape index (κ1) is 22.7. The number of nitrogens with zero attached hydrogens (tertiary/aromatic N) is 1. The Morgan fingerprint density at radius 3 is 2.71 bits per heavy atom. The Bertz CT molecular complexity index is 1200. The first-order chi connectivity index (χ1) is 17.0. The molecule has 3 heterocycles.